The molecule has 19 heavy (non-hydrogen) atoms. The number of hydrogen-bond donors (Lipinski definition) is 1. The first-order chi connectivity index (χ1) is 9.08. The van der Waals surface area contributed by atoms with Gasteiger partial charge in [0.1, 0.15) is 0 Å². The summed E-state index contributed by atoms with van der Waals surface area (Å²) in [6, 6.07) is 0. The Kier molecular flexibility index (Phi) is 4.37. The summed E-state index contributed by atoms with van der Waals surface area (Å²) in [5.41, 5.74) is 2.11. The summed E-state index contributed by atoms with van der Waals surface area (Å²) >= 11 is 0. The summed E-state index contributed by atoms with van der Waals surface area (Å²) in [6.45, 7) is 6.86. The SMILES string of the molecule is CNCc1cnc(N2CCCC(C)(OC)C2)nc1C. The number of piperidine rings is 1. The molecule has 1 saturated heterocycles. The minimum absolute atomic E-state index is 0.0842. The summed E-state index contributed by atoms with van der Waals surface area (Å²) < 4.78 is 5.62. The highest BCUT2D eigenvalue weighted by Gasteiger charge is 2.31. The fourth-order valence-corrected chi connectivity index (χ4v) is 2.54. The summed E-state index contributed by atoms with van der Waals surface area (Å²) in [6.07, 6.45) is 4.13. The number of aryl methyl sites for hydroxylation is 1. The number of methoxy groups -OCH3 is 1. The van der Waals surface area contributed by atoms with Crippen LogP contribution in [-0.2, 0) is 11.3 Å². The molecule has 0 amide bonds. The lowest BCUT2D eigenvalue weighted by molar-refractivity contribution is -0.00499. The Hall–Kier alpha value is -1.20. The van der Waals surface area contributed by atoms with Gasteiger partial charge in [-0.05, 0) is 33.7 Å². The normalized spacial score (nSPS) is 23.7. The Morgan fingerprint density at radius 3 is 2.95 bits per heavy atom. The van der Waals surface area contributed by atoms with Crippen LogP contribution in [-0.4, -0.2) is 42.8 Å². The summed E-state index contributed by atoms with van der Waals surface area (Å²) in [7, 11) is 3.72. The van der Waals surface area contributed by atoms with Crippen LogP contribution in [0, 0.1) is 6.92 Å². The second-order valence-corrected chi connectivity index (χ2v) is 5.49. The number of anilines is 1. The lowest BCUT2D eigenvalue weighted by Crippen LogP contribution is -2.48. The van der Waals surface area contributed by atoms with Gasteiger partial charge in [0.15, 0.2) is 0 Å². The molecule has 5 nitrogen and oxygen atoms in total. The van der Waals surface area contributed by atoms with Crippen LogP contribution in [0.25, 0.3) is 0 Å². The summed E-state index contributed by atoms with van der Waals surface area (Å²) in [5.74, 6) is 0.820. The first kappa shape index (κ1) is 14.2. The third-order valence-corrected chi connectivity index (χ3v) is 3.87. The average molecular weight is 264 g/mol. The van der Waals surface area contributed by atoms with Crippen LogP contribution in [0.15, 0.2) is 6.20 Å². The van der Waals surface area contributed by atoms with Gasteiger partial charge in [0.25, 0.3) is 0 Å². The minimum atomic E-state index is -0.0842. The van der Waals surface area contributed by atoms with E-state index < -0.39 is 0 Å². The smallest absolute Gasteiger partial charge is 0.225 e. The quantitative estimate of drug-likeness (QED) is 0.893. The van der Waals surface area contributed by atoms with Gasteiger partial charge in [-0.25, -0.2) is 9.97 Å². The van der Waals surface area contributed by atoms with E-state index in [1.165, 1.54) is 0 Å². The molecule has 0 bridgehead atoms. The Labute approximate surface area is 115 Å². The fourth-order valence-electron chi connectivity index (χ4n) is 2.54. The Morgan fingerprint density at radius 2 is 2.32 bits per heavy atom. The fraction of sp³-hybridized carbons (Fsp3) is 0.714. The van der Waals surface area contributed by atoms with E-state index >= 15 is 0 Å². The number of aromatic nitrogens is 2. The second-order valence-electron chi connectivity index (χ2n) is 5.49. The largest absolute Gasteiger partial charge is 0.377 e. The zero-order valence-electron chi connectivity index (χ0n) is 12.4. The van der Waals surface area contributed by atoms with Crippen molar-refractivity contribution in [1.29, 1.82) is 0 Å². The van der Waals surface area contributed by atoms with Gasteiger partial charge in [-0.2, -0.15) is 0 Å². The van der Waals surface area contributed by atoms with Gasteiger partial charge in [-0.15, -0.1) is 0 Å². The number of ether oxygens (including phenoxy) is 1. The highest BCUT2D eigenvalue weighted by Crippen LogP contribution is 2.26. The minimum Gasteiger partial charge on any atom is -0.377 e. The van der Waals surface area contributed by atoms with Crippen molar-refractivity contribution >= 4 is 5.95 Å². The maximum Gasteiger partial charge on any atom is 0.225 e. The Balaban J connectivity index is 2.15. The van der Waals surface area contributed by atoms with Crippen LogP contribution in [0.2, 0.25) is 0 Å². The van der Waals surface area contributed by atoms with E-state index in [9.17, 15) is 0 Å². The molecule has 0 saturated carbocycles. The molecule has 0 spiro atoms. The van der Waals surface area contributed by atoms with Crippen LogP contribution in [0.4, 0.5) is 5.95 Å². The second kappa shape index (κ2) is 5.84. The number of nitrogens with zero attached hydrogens (tertiary/aromatic N) is 3. The molecule has 1 unspecified atom stereocenters. The van der Waals surface area contributed by atoms with E-state index in [-0.39, 0.29) is 5.60 Å². The predicted octanol–water partition coefficient (Wildman–Crippen LogP) is 1.51. The van der Waals surface area contributed by atoms with Crippen molar-refractivity contribution in [3.8, 4) is 0 Å². The molecule has 2 rings (SSSR count). The standard InChI is InChI=1S/C14H24N4O/c1-11-12(8-15-3)9-16-13(17-11)18-7-5-6-14(2,10-18)19-4/h9,15H,5-8,10H2,1-4H3. The zero-order chi connectivity index (χ0) is 13.9. The Morgan fingerprint density at radius 1 is 1.53 bits per heavy atom. The van der Waals surface area contributed by atoms with Gasteiger partial charge < -0.3 is 15.0 Å². The molecule has 1 aliphatic rings. The van der Waals surface area contributed by atoms with Gasteiger partial charge in [-0.1, -0.05) is 0 Å². The lowest BCUT2D eigenvalue weighted by atomic mass is 9.95. The molecule has 1 aromatic rings. The first-order valence-corrected chi connectivity index (χ1v) is 6.85. The molecule has 0 aromatic carbocycles. The van der Waals surface area contributed by atoms with E-state index in [4.69, 9.17) is 4.74 Å². The number of hydrogen-bond acceptors (Lipinski definition) is 5. The van der Waals surface area contributed by atoms with Crippen molar-refractivity contribution in [2.45, 2.75) is 38.8 Å². The van der Waals surface area contributed by atoms with Crippen molar-refractivity contribution < 1.29 is 4.74 Å². The maximum atomic E-state index is 5.62. The van der Waals surface area contributed by atoms with E-state index in [2.05, 4.69) is 27.1 Å². The van der Waals surface area contributed by atoms with E-state index in [1.54, 1.807) is 7.11 Å². The van der Waals surface area contributed by atoms with Crippen molar-refractivity contribution in [3.05, 3.63) is 17.5 Å². The third-order valence-electron chi connectivity index (χ3n) is 3.87. The first-order valence-electron chi connectivity index (χ1n) is 6.85. The maximum absolute atomic E-state index is 5.62. The van der Waals surface area contributed by atoms with E-state index in [0.717, 1.165) is 49.7 Å². The van der Waals surface area contributed by atoms with Crippen LogP contribution in [0.1, 0.15) is 31.0 Å². The van der Waals surface area contributed by atoms with Gasteiger partial charge in [-0.3, -0.25) is 0 Å². The van der Waals surface area contributed by atoms with Gasteiger partial charge in [0.05, 0.1) is 5.60 Å². The van der Waals surface area contributed by atoms with Gasteiger partial charge >= 0.3 is 0 Å². The van der Waals surface area contributed by atoms with Crippen molar-refractivity contribution in [2.75, 3.05) is 32.1 Å². The molecule has 106 valence electrons. The van der Waals surface area contributed by atoms with Crippen LogP contribution in [0.5, 0.6) is 0 Å². The predicted molar refractivity (Wildman–Crippen MR) is 76.4 cm³/mol. The molecular weight excluding hydrogens is 240 g/mol. The van der Waals surface area contributed by atoms with Crippen molar-refractivity contribution in [2.24, 2.45) is 0 Å². The number of rotatable bonds is 4. The monoisotopic (exact) mass is 264 g/mol. The van der Waals surface area contributed by atoms with Crippen LogP contribution < -0.4 is 10.2 Å². The van der Waals surface area contributed by atoms with Crippen LogP contribution in [0.3, 0.4) is 0 Å². The lowest BCUT2D eigenvalue weighted by Gasteiger charge is -2.39. The molecule has 0 radical (unpaired) electrons. The molecule has 1 aliphatic heterocycles. The molecule has 0 aliphatic carbocycles. The molecule has 5 heteroatoms. The average Bonchev–Trinajstić information content (AvgIpc) is 2.41. The highest BCUT2D eigenvalue weighted by molar-refractivity contribution is 5.34. The van der Waals surface area contributed by atoms with Gasteiger partial charge in [0, 0.05) is 44.2 Å². The molecule has 1 aromatic heterocycles. The van der Waals surface area contributed by atoms with E-state index in [0.29, 0.717) is 0 Å². The zero-order valence-corrected chi connectivity index (χ0v) is 12.4. The molecule has 1 fully saturated rings. The van der Waals surface area contributed by atoms with Crippen molar-refractivity contribution in [1.82, 2.24) is 15.3 Å². The third kappa shape index (κ3) is 3.22. The molecule has 1 atom stereocenters. The summed E-state index contributed by atoms with van der Waals surface area (Å²) in [5, 5.41) is 3.13. The highest BCUT2D eigenvalue weighted by atomic mass is 16.5. The number of nitrogens with one attached hydrogen (secondary N) is 1. The van der Waals surface area contributed by atoms with E-state index in [1.807, 2.05) is 20.2 Å². The van der Waals surface area contributed by atoms with Crippen LogP contribution >= 0.6 is 0 Å². The molecule has 1 N–H and O–H groups in total. The molecular formula is C14H24N4O. The molecule has 2 heterocycles. The van der Waals surface area contributed by atoms with Gasteiger partial charge in [0.2, 0.25) is 5.95 Å². The topological polar surface area (TPSA) is 50.3 Å². The Bertz CT molecular complexity index is 437. The summed E-state index contributed by atoms with van der Waals surface area (Å²) in [4.78, 5) is 11.4. The van der Waals surface area contributed by atoms with Crippen molar-refractivity contribution in [3.63, 3.8) is 0 Å².